The average Bonchev–Trinajstić information content (AvgIpc) is 2.89. The van der Waals surface area contributed by atoms with Crippen molar-refractivity contribution in [3.05, 3.63) is 11.6 Å². The summed E-state index contributed by atoms with van der Waals surface area (Å²) >= 11 is 7.15. The van der Waals surface area contributed by atoms with Crippen LogP contribution in [0.25, 0.3) is 0 Å². The van der Waals surface area contributed by atoms with Crippen molar-refractivity contribution in [2.45, 2.75) is 63.9 Å². The van der Waals surface area contributed by atoms with Gasteiger partial charge in [-0.1, -0.05) is 20.8 Å². The van der Waals surface area contributed by atoms with Crippen LogP contribution in [0.15, 0.2) is 11.6 Å². The van der Waals surface area contributed by atoms with E-state index in [0.717, 1.165) is 0 Å². The lowest BCUT2D eigenvalue weighted by atomic mass is 9.45. The van der Waals surface area contributed by atoms with E-state index in [2.05, 4.69) is 0 Å². The van der Waals surface area contributed by atoms with Crippen LogP contribution in [0.4, 0.5) is 4.39 Å². The number of aliphatic carboxylic acids is 1. The first-order valence-electron chi connectivity index (χ1n) is 10.3. The lowest BCUT2D eigenvalue weighted by Crippen LogP contribution is -2.67. The smallest absolute Gasteiger partial charge is 0.372 e. The number of Topliss-reactive ketones (excluding diaryl/α,β-unsaturated/α-hetero) is 2. The number of hydrogen-bond acceptors (Lipinski definition) is 4. The molecule has 0 aromatic carbocycles. The van der Waals surface area contributed by atoms with Gasteiger partial charge in [0.2, 0.25) is 5.78 Å². The molecule has 7 heteroatoms. The molecule has 158 valence electrons. The third kappa shape index (κ3) is 2.44. The summed E-state index contributed by atoms with van der Waals surface area (Å²) in [7, 11) is 0. The van der Waals surface area contributed by atoms with Gasteiger partial charge in [-0.2, -0.15) is 0 Å². The molecule has 0 saturated heterocycles. The van der Waals surface area contributed by atoms with E-state index in [-0.39, 0.29) is 42.7 Å². The van der Waals surface area contributed by atoms with Crippen LogP contribution in [-0.2, 0) is 19.2 Å². The molecule has 0 aromatic rings. The maximum atomic E-state index is 15.3. The number of fused-ring (bicyclic) bond motifs is 5. The number of carboxylic acids is 1. The Morgan fingerprint density at radius 3 is 2.48 bits per heavy atom. The van der Waals surface area contributed by atoms with Crippen molar-refractivity contribution in [3.8, 4) is 0 Å². The van der Waals surface area contributed by atoms with E-state index in [1.807, 2.05) is 6.92 Å². The Hall–Kier alpha value is -1.56. The number of halogens is 2. The lowest BCUT2D eigenvalue weighted by Gasteiger charge is -2.61. The predicted octanol–water partition coefficient (Wildman–Crippen LogP) is 3.52. The Balaban J connectivity index is 1.84. The minimum absolute atomic E-state index is 0.000534. The summed E-state index contributed by atoms with van der Waals surface area (Å²) in [6.45, 7) is 5.42. The van der Waals surface area contributed by atoms with Crippen LogP contribution >= 0.6 is 11.6 Å². The highest BCUT2D eigenvalue weighted by atomic mass is 35.5. The summed E-state index contributed by atoms with van der Waals surface area (Å²) in [5.74, 6) is -4.51. The highest BCUT2D eigenvalue weighted by molar-refractivity contribution is 6.37. The second kappa shape index (κ2) is 6.22. The second-order valence-corrected chi connectivity index (χ2v) is 10.6. The summed E-state index contributed by atoms with van der Waals surface area (Å²) < 4.78 is 15.3. The molecule has 0 spiro atoms. The first-order valence-corrected chi connectivity index (χ1v) is 10.6. The third-order valence-electron chi connectivity index (χ3n) is 8.62. The van der Waals surface area contributed by atoms with E-state index in [0.29, 0.717) is 18.4 Å². The Labute approximate surface area is 174 Å². The maximum Gasteiger partial charge on any atom is 0.372 e. The van der Waals surface area contributed by atoms with Gasteiger partial charge in [0.1, 0.15) is 11.0 Å². The van der Waals surface area contributed by atoms with E-state index in [4.69, 9.17) is 11.6 Å². The number of alkyl halides is 2. The van der Waals surface area contributed by atoms with E-state index in [1.165, 1.54) is 6.08 Å². The Bertz CT molecular complexity index is 867. The number of hydrogen-bond donors (Lipinski definition) is 1. The van der Waals surface area contributed by atoms with Crippen molar-refractivity contribution in [2.24, 2.45) is 34.5 Å². The van der Waals surface area contributed by atoms with E-state index >= 15 is 4.39 Å². The molecule has 4 aliphatic carbocycles. The second-order valence-electron chi connectivity index (χ2n) is 9.99. The average molecular weight is 425 g/mol. The van der Waals surface area contributed by atoms with Crippen molar-refractivity contribution in [3.63, 3.8) is 0 Å². The number of carbonyl (C=O) groups excluding carboxylic acids is 3. The fraction of sp³-hybridized carbons (Fsp3) is 0.727. The third-order valence-corrected chi connectivity index (χ3v) is 9.52. The number of allylic oxidation sites excluding steroid dienone is 1. The molecule has 4 aliphatic rings. The van der Waals surface area contributed by atoms with Crippen LogP contribution in [-0.4, -0.2) is 39.5 Å². The van der Waals surface area contributed by atoms with Crippen LogP contribution in [0.3, 0.4) is 0 Å². The molecule has 3 fully saturated rings. The number of rotatable bonds is 2. The van der Waals surface area contributed by atoms with Gasteiger partial charge in [-0.25, -0.2) is 9.18 Å². The molecule has 0 heterocycles. The largest absolute Gasteiger partial charge is 0.475 e. The van der Waals surface area contributed by atoms with E-state index < -0.39 is 45.5 Å². The van der Waals surface area contributed by atoms with E-state index in [1.54, 1.807) is 13.8 Å². The van der Waals surface area contributed by atoms with Gasteiger partial charge in [0.15, 0.2) is 11.6 Å². The number of ketones is 3. The Kier molecular flexibility index (Phi) is 4.44. The van der Waals surface area contributed by atoms with Gasteiger partial charge in [-0.15, -0.1) is 11.6 Å². The standard InChI is InChI=1S/C22H26ClFO5/c1-10-6-12-13-8-15(24)14-7-11(25)4-5-21(14,3)22(13,23)16(26)9-20(12,2)17(10)18(27)19(28)29/h7,10,12-13,15,17H,4-6,8-9H2,1-3H3,(H,28,29)/t10-,12+,13+,15+,17-,20+,21+,22+/m1/s1. The molecule has 0 bridgehead atoms. The summed E-state index contributed by atoms with van der Waals surface area (Å²) in [6, 6.07) is 0. The van der Waals surface area contributed by atoms with Gasteiger partial charge in [0.05, 0.1) is 0 Å². The lowest BCUT2D eigenvalue weighted by molar-refractivity contribution is -0.157. The fourth-order valence-corrected chi connectivity index (χ4v) is 7.86. The van der Waals surface area contributed by atoms with Gasteiger partial charge in [-0.05, 0) is 54.1 Å². The summed E-state index contributed by atoms with van der Waals surface area (Å²) in [6.07, 6.45) is 1.06. The molecule has 5 nitrogen and oxygen atoms in total. The summed E-state index contributed by atoms with van der Waals surface area (Å²) in [5.41, 5.74) is -1.49. The summed E-state index contributed by atoms with van der Waals surface area (Å²) in [5, 5.41) is 9.32. The zero-order valence-electron chi connectivity index (χ0n) is 16.8. The van der Waals surface area contributed by atoms with Crippen LogP contribution in [0.5, 0.6) is 0 Å². The molecule has 0 aromatic heterocycles. The molecule has 29 heavy (non-hydrogen) atoms. The van der Waals surface area contributed by atoms with Crippen LogP contribution in [0, 0.1) is 34.5 Å². The van der Waals surface area contributed by atoms with Crippen molar-refractivity contribution >= 4 is 34.9 Å². The van der Waals surface area contributed by atoms with Crippen molar-refractivity contribution < 1.29 is 28.7 Å². The number of carboxylic acid groups (broad SMARTS) is 1. The fourth-order valence-electron chi connectivity index (χ4n) is 7.34. The monoisotopic (exact) mass is 424 g/mol. The zero-order chi connectivity index (χ0) is 21.5. The quantitative estimate of drug-likeness (QED) is 0.541. The van der Waals surface area contributed by atoms with Crippen molar-refractivity contribution in [1.82, 2.24) is 0 Å². The SMILES string of the molecule is C[C@@H]1C[C@H]2[C@@H]3C[C@H](F)C4=CC(=O)CC[C@]4(C)[C@@]3(Cl)C(=O)C[C@]2(C)[C@H]1C(=O)C(=O)O. The van der Waals surface area contributed by atoms with Crippen LogP contribution in [0.1, 0.15) is 52.9 Å². The molecule has 0 unspecified atom stereocenters. The van der Waals surface area contributed by atoms with Crippen molar-refractivity contribution in [1.29, 1.82) is 0 Å². The molecule has 1 N–H and O–H groups in total. The molecule has 3 saturated carbocycles. The molecule has 4 rings (SSSR count). The number of carbonyl (C=O) groups is 4. The molecular weight excluding hydrogens is 399 g/mol. The van der Waals surface area contributed by atoms with Crippen LogP contribution < -0.4 is 0 Å². The highest BCUT2D eigenvalue weighted by Crippen LogP contribution is 2.70. The van der Waals surface area contributed by atoms with E-state index in [9.17, 15) is 24.3 Å². The molecule has 0 radical (unpaired) electrons. The van der Waals surface area contributed by atoms with Gasteiger partial charge >= 0.3 is 5.97 Å². The molecule has 0 aliphatic heterocycles. The minimum Gasteiger partial charge on any atom is -0.475 e. The Morgan fingerprint density at radius 2 is 1.86 bits per heavy atom. The topological polar surface area (TPSA) is 88.5 Å². The predicted molar refractivity (Wildman–Crippen MR) is 103 cm³/mol. The zero-order valence-corrected chi connectivity index (χ0v) is 17.6. The molecular formula is C22H26ClFO5. The molecule has 8 atom stereocenters. The Morgan fingerprint density at radius 1 is 1.21 bits per heavy atom. The maximum absolute atomic E-state index is 15.3. The van der Waals surface area contributed by atoms with Gasteiger partial charge in [0, 0.05) is 24.2 Å². The van der Waals surface area contributed by atoms with Crippen LogP contribution in [0.2, 0.25) is 0 Å². The first kappa shape index (κ1) is 20.7. The highest BCUT2D eigenvalue weighted by Gasteiger charge is 2.72. The van der Waals surface area contributed by atoms with Crippen molar-refractivity contribution in [2.75, 3.05) is 0 Å². The molecule has 0 amide bonds. The van der Waals surface area contributed by atoms with Gasteiger partial charge in [0.25, 0.3) is 0 Å². The van der Waals surface area contributed by atoms with Gasteiger partial charge < -0.3 is 5.11 Å². The first-order chi connectivity index (χ1) is 13.4. The summed E-state index contributed by atoms with van der Waals surface area (Å²) in [4.78, 5) is 48.1. The minimum atomic E-state index is -1.49. The normalized spacial score (nSPS) is 49.0. The van der Waals surface area contributed by atoms with Gasteiger partial charge in [-0.3, -0.25) is 14.4 Å².